The molecule has 2 heterocycles. The van der Waals surface area contributed by atoms with Gasteiger partial charge in [-0.15, -0.1) is 11.3 Å². The van der Waals surface area contributed by atoms with Crippen LogP contribution in [0, 0.1) is 0 Å². The third-order valence-electron chi connectivity index (χ3n) is 5.24. The maximum absolute atomic E-state index is 12.7. The standard InChI is InChI=1S/C17H26N4O4S2/c1-10(21-8-6-11(7-9-21)20-27(2,24)25)16(23)19-17-14(15(18)22)12-4-3-5-13(12)26-17/h10-11,20H,3-9H2,1-2H3,(H2,18,22)(H,19,23)/t10-/m1/s1. The minimum atomic E-state index is -3.22. The van der Waals surface area contributed by atoms with Gasteiger partial charge in [-0.05, 0) is 44.6 Å². The van der Waals surface area contributed by atoms with Gasteiger partial charge in [-0.25, -0.2) is 13.1 Å². The number of carbonyl (C=O) groups excluding carboxylic acids is 2. The number of thiophene rings is 1. The van der Waals surface area contributed by atoms with Gasteiger partial charge in [0.15, 0.2) is 0 Å². The topological polar surface area (TPSA) is 122 Å². The quantitative estimate of drug-likeness (QED) is 0.632. The Balaban J connectivity index is 1.62. The molecule has 4 N–H and O–H groups in total. The first kappa shape index (κ1) is 20.2. The molecule has 27 heavy (non-hydrogen) atoms. The number of nitrogens with one attached hydrogen (secondary N) is 2. The summed E-state index contributed by atoms with van der Waals surface area (Å²) in [5, 5.41) is 3.45. The molecule has 0 bridgehead atoms. The SMILES string of the molecule is C[C@H](C(=O)Nc1sc2c(c1C(N)=O)CCC2)N1CCC(NS(C)(=O)=O)CC1. The van der Waals surface area contributed by atoms with Gasteiger partial charge in [-0.1, -0.05) is 0 Å². The summed E-state index contributed by atoms with van der Waals surface area (Å²) in [5.41, 5.74) is 6.99. The molecule has 0 radical (unpaired) electrons. The molecule has 8 nitrogen and oxygen atoms in total. The second kappa shape index (κ2) is 7.86. The van der Waals surface area contributed by atoms with Crippen molar-refractivity contribution in [2.75, 3.05) is 24.7 Å². The zero-order chi connectivity index (χ0) is 19.8. The fourth-order valence-corrected chi connectivity index (χ4v) is 5.98. The fraction of sp³-hybridized carbons (Fsp3) is 0.647. The number of nitrogens with two attached hydrogens (primary N) is 1. The maximum atomic E-state index is 12.7. The number of aryl methyl sites for hydroxylation is 1. The summed E-state index contributed by atoms with van der Waals surface area (Å²) in [7, 11) is -3.22. The van der Waals surface area contributed by atoms with Crippen molar-refractivity contribution in [1.82, 2.24) is 9.62 Å². The van der Waals surface area contributed by atoms with E-state index in [0.717, 1.165) is 36.0 Å². The lowest BCUT2D eigenvalue weighted by Crippen LogP contribution is -2.50. The summed E-state index contributed by atoms with van der Waals surface area (Å²) in [4.78, 5) is 27.7. The van der Waals surface area contributed by atoms with Gasteiger partial charge in [0.2, 0.25) is 15.9 Å². The summed E-state index contributed by atoms with van der Waals surface area (Å²) in [5.74, 6) is -0.669. The first-order valence-corrected chi connectivity index (χ1v) is 11.8. The maximum Gasteiger partial charge on any atom is 0.251 e. The van der Waals surface area contributed by atoms with Gasteiger partial charge in [0.1, 0.15) is 5.00 Å². The number of nitrogens with zero attached hydrogens (tertiary/aromatic N) is 1. The number of likely N-dealkylation sites (tertiary alicyclic amines) is 1. The second-order valence-corrected chi connectivity index (χ2v) is 10.2. The molecule has 0 unspecified atom stereocenters. The summed E-state index contributed by atoms with van der Waals surface area (Å²) in [6, 6.07) is -0.463. The predicted octanol–water partition coefficient (Wildman–Crippen LogP) is 0.676. The smallest absolute Gasteiger partial charge is 0.251 e. The number of fused-ring (bicyclic) bond motifs is 1. The number of rotatable bonds is 6. The molecule has 1 saturated heterocycles. The van der Waals surface area contributed by atoms with Crippen molar-refractivity contribution in [3.63, 3.8) is 0 Å². The molecule has 3 rings (SSSR count). The van der Waals surface area contributed by atoms with Gasteiger partial charge < -0.3 is 11.1 Å². The van der Waals surface area contributed by atoms with E-state index in [1.165, 1.54) is 11.3 Å². The van der Waals surface area contributed by atoms with Crippen LogP contribution in [-0.4, -0.2) is 56.6 Å². The Kier molecular flexibility index (Phi) is 5.90. The Labute approximate surface area is 163 Å². The number of amides is 2. The van der Waals surface area contributed by atoms with Gasteiger partial charge in [0.25, 0.3) is 5.91 Å². The minimum Gasteiger partial charge on any atom is -0.365 e. The van der Waals surface area contributed by atoms with Crippen LogP contribution in [-0.2, 0) is 27.7 Å². The van der Waals surface area contributed by atoms with E-state index in [2.05, 4.69) is 10.0 Å². The molecule has 2 aliphatic rings. The average molecular weight is 415 g/mol. The van der Waals surface area contributed by atoms with Gasteiger partial charge in [-0.2, -0.15) is 0 Å². The highest BCUT2D eigenvalue weighted by Crippen LogP contribution is 2.39. The third kappa shape index (κ3) is 4.68. The lowest BCUT2D eigenvalue weighted by atomic mass is 10.0. The number of anilines is 1. The molecule has 150 valence electrons. The molecule has 0 spiro atoms. The van der Waals surface area contributed by atoms with Crippen molar-refractivity contribution < 1.29 is 18.0 Å². The number of piperidine rings is 1. The normalized spacial score (nSPS) is 19.6. The van der Waals surface area contributed by atoms with E-state index >= 15 is 0 Å². The van der Waals surface area contributed by atoms with Gasteiger partial charge in [0.05, 0.1) is 17.9 Å². The number of carbonyl (C=O) groups is 2. The van der Waals surface area contributed by atoms with E-state index in [-0.39, 0.29) is 18.0 Å². The van der Waals surface area contributed by atoms with E-state index in [1.807, 2.05) is 11.8 Å². The third-order valence-corrected chi connectivity index (χ3v) is 7.21. The van der Waals surface area contributed by atoms with E-state index in [4.69, 9.17) is 5.73 Å². The van der Waals surface area contributed by atoms with Crippen molar-refractivity contribution in [3.05, 3.63) is 16.0 Å². The molecule has 2 amide bonds. The molecule has 1 aliphatic heterocycles. The van der Waals surface area contributed by atoms with Crippen LogP contribution in [0.2, 0.25) is 0 Å². The molecule has 1 aliphatic carbocycles. The van der Waals surface area contributed by atoms with Crippen LogP contribution >= 0.6 is 11.3 Å². The Morgan fingerprint density at radius 2 is 1.93 bits per heavy atom. The van der Waals surface area contributed by atoms with Crippen molar-refractivity contribution in [1.29, 1.82) is 0 Å². The average Bonchev–Trinajstić information content (AvgIpc) is 3.13. The number of hydrogen-bond acceptors (Lipinski definition) is 6. The summed E-state index contributed by atoms with van der Waals surface area (Å²) < 4.78 is 25.3. The van der Waals surface area contributed by atoms with E-state index in [9.17, 15) is 18.0 Å². The van der Waals surface area contributed by atoms with Gasteiger partial charge in [-0.3, -0.25) is 14.5 Å². The molecule has 0 aromatic carbocycles. The lowest BCUT2D eigenvalue weighted by Gasteiger charge is -2.35. The Bertz CT molecular complexity index is 841. The first-order valence-electron chi connectivity index (χ1n) is 9.12. The van der Waals surface area contributed by atoms with Crippen LogP contribution in [0.15, 0.2) is 0 Å². The zero-order valence-electron chi connectivity index (χ0n) is 15.6. The number of sulfonamides is 1. The van der Waals surface area contributed by atoms with E-state index < -0.39 is 15.9 Å². The summed E-state index contributed by atoms with van der Waals surface area (Å²) in [6.07, 6.45) is 5.24. The first-order chi connectivity index (χ1) is 12.7. The summed E-state index contributed by atoms with van der Waals surface area (Å²) in [6.45, 7) is 3.08. The predicted molar refractivity (Wildman–Crippen MR) is 106 cm³/mol. The van der Waals surface area contributed by atoms with Crippen LogP contribution in [0.5, 0.6) is 0 Å². The Morgan fingerprint density at radius 1 is 1.26 bits per heavy atom. The number of hydrogen-bond donors (Lipinski definition) is 3. The molecular formula is C17H26N4O4S2. The Morgan fingerprint density at radius 3 is 2.52 bits per heavy atom. The van der Waals surface area contributed by atoms with Crippen LogP contribution in [0.25, 0.3) is 0 Å². The molecule has 0 saturated carbocycles. The molecule has 10 heteroatoms. The molecular weight excluding hydrogens is 388 g/mol. The van der Waals surface area contributed by atoms with Crippen LogP contribution in [0.3, 0.4) is 0 Å². The van der Waals surface area contributed by atoms with Crippen molar-refractivity contribution in [3.8, 4) is 0 Å². The molecule has 1 aromatic rings. The fourth-order valence-electron chi connectivity index (χ4n) is 3.84. The monoisotopic (exact) mass is 414 g/mol. The minimum absolute atomic E-state index is 0.0896. The van der Waals surface area contributed by atoms with Crippen LogP contribution in [0.4, 0.5) is 5.00 Å². The Hall–Kier alpha value is -1.49. The zero-order valence-corrected chi connectivity index (χ0v) is 17.2. The van der Waals surface area contributed by atoms with Gasteiger partial charge in [0, 0.05) is 24.0 Å². The van der Waals surface area contributed by atoms with Crippen LogP contribution in [0.1, 0.15) is 47.0 Å². The highest BCUT2D eigenvalue weighted by Gasteiger charge is 2.30. The number of primary amides is 1. The molecule has 1 aromatic heterocycles. The van der Waals surface area contributed by atoms with Crippen molar-refractivity contribution in [2.24, 2.45) is 5.73 Å². The van der Waals surface area contributed by atoms with E-state index in [0.29, 0.717) is 36.5 Å². The van der Waals surface area contributed by atoms with E-state index in [1.54, 1.807) is 0 Å². The van der Waals surface area contributed by atoms with Gasteiger partial charge >= 0.3 is 0 Å². The van der Waals surface area contributed by atoms with Crippen molar-refractivity contribution >= 4 is 38.2 Å². The van der Waals surface area contributed by atoms with Crippen LogP contribution < -0.4 is 15.8 Å². The lowest BCUT2D eigenvalue weighted by molar-refractivity contribution is -0.121. The highest BCUT2D eigenvalue weighted by molar-refractivity contribution is 7.88. The molecule has 1 fully saturated rings. The molecule has 1 atom stereocenters. The highest BCUT2D eigenvalue weighted by atomic mass is 32.2. The largest absolute Gasteiger partial charge is 0.365 e. The van der Waals surface area contributed by atoms with Crippen molar-refractivity contribution in [2.45, 2.75) is 51.1 Å². The second-order valence-electron chi connectivity index (χ2n) is 7.29. The summed E-state index contributed by atoms with van der Waals surface area (Å²) >= 11 is 1.45.